The number of aryl methyl sites for hydroxylation is 1. The Balaban J connectivity index is 2.23. The molecule has 1 unspecified atom stereocenters. The number of rotatable bonds is 5. The number of ether oxygens (including phenoxy) is 1. The molecular weight excluding hydrogens is 252 g/mol. The van der Waals surface area contributed by atoms with Crippen LogP contribution < -0.4 is 10.5 Å². The topological polar surface area (TPSA) is 68.4 Å². The zero-order chi connectivity index (χ0) is 14.5. The van der Waals surface area contributed by atoms with E-state index in [2.05, 4.69) is 11.9 Å². The minimum atomic E-state index is -0.774. The molecular formula is C16H20N2O2. The summed E-state index contributed by atoms with van der Waals surface area (Å²) in [5, 5.41) is 10.5. The summed E-state index contributed by atoms with van der Waals surface area (Å²) < 4.78 is 5.52. The highest BCUT2D eigenvalue weighted by Crippen LogP contribution is 2.29. The summed E-state index contributed by atoms with van der Waals surface area (Å²) >= 11 is 0. The molecule has 1 atom stereocenters. The van der Waals surface area contributed by atoms with E-state index in [0.717, 1.165) is 23.3 Å². The second-order valence-electron chi connectivity index (χ2n) is 4.75. The van der Waals surface area contributed by atoms with Crippen LogP contribution in [0.2, 0.25) is 0 Å². The second kappa shape index (κ2) is 6.39. The van der Waals surface area contributed by atoms with Crippen LogP contribution in [0.5, 0.6) is 5.75 Å². The number of pyridine rings is 1. The van der Waals surface area contributed by atoms with E-state index in [1.165, 1.54) is 0 Å². The molecule has 2 aromatic rings. The van der Waals surface area contributed by atoms with Crippen molar-refractivity contribution in [1.82, 2.24) is 4.98 Å². The molecule has 20 heavy (non-hydrogen) atoms. The van der Waals surface area contributed by atoms with Crippen LogP contribution in [0.3, 0.4) is 0 Å². The maximum Gasteiger partial charge on any atom is 0.129 e. The second-order valence-corrected chi connectivity index (χ2v) is 4.75. The first kappa shape index (κ1) is 14.3. The Hall–Kier alpha value is -2.07. The molecule has 1 aromatic heterocycles. The molecule has 0 aliphatic heterocycles. The number of benzene rings is 1. The lowest BCUT2D eigenvalue weighted by Crippen LogP contribution is -2.07. The van der Waals surface area contributed by atoms with E-state index in [9.17, 15) is 5.11 Å². The quantitative estimate of drug-likeness (QED) is 0.878. The van der Waals surface area contributed by atoms with Gasteiger partial charge in [0.25, 0.3) is 0 Å². The first-order valence-electron chi connectivity index (χ1n) is 6.75. The molecule has 1 heterocycles. The van der Waals surface area contributed by atoms with E-state index >= 15 is 0 Å². The third-order valence-corrected chi connectivity index (χ3v) is 3.18. The zero-order valence-corrected chi connectivity index (χ0v) is 11.8. The first-order valence-corrected chi connectivity index (χ1v) is 6.75. The van der Waals surface area contributed by atoms with Crippen LogP contribution >= 0.6 is 0 Å². The molecule has 1 aromatic carbocycles. The van der Waals surface area contributed by atoms with E-state index in [1.54, 1.807) is 6.20 Å². The van der Waals surface area contributed by atoms with Crippen LogP contribution in [-0.4, -0.2) is 16.7 Å². The lowest BCUT2D eigenvalue weighted by atomic mass is 9.98. The minimum absolute atomic E-state index is 0.365. The Labute approximate surface area is 119 Å². The Morgan fingerprint density at radius 3 is 2.55 bits per heavy atom. The molecule has 106 valence electrons. The van der Waals surface area contributed by atoms with E-state index < -0.39 is 6.10 Å². The molecule has 0 bridgehead atoms. The van der Waals surface area contributed by atoms with Gasteiger partial charge in [-0.05, 0) is 42.7 Å². The number of aromatic nitrogens is 1. The van der Waals surface area contributed by atoms with Crippen LogP contribution in [-0.2, 0) is 0 Å². The number of hydrogen-bond acceptors (Lipinski definition) is 4. The highest BCUT2D eigenvalue weighted by Gasteiger charge is 2.16. The van der Waals surface area contributed by atoms with E-state index in [0.29, 0.717) is 18.0 Å². The maximum absolute atomic E-state index is 10.5. The number of nitrogens with zero attached hydrogens (tertiary/aromatic N) is 1. The third-order valence-electron chi connectivity index (χ3n) is 3.18. The summed E-state index contributed by atoms with van der Waals surface area (Å²) in [6.45, 7) is 4.66. The van der Waals surface area contributed by atoms with E-state index in [-0.39, 0.29) is 0 Å². The normalized spacial score (nSPS) is 12.2. The van der Waals surface area contributed by atoms with Gasteiger partial charge in [-0.15, -0.1) is 0 Å². The number of hydrogen-bond donors (Lipinski definition) is 2. The molecule has 0 spiro atoms. The largest absolute Gasteiger partial charge is 0.494 e. The van der Waals surface area contributed by atoms with Gasteiger partial charge in [-0.25, -0.2) is 4.98 Å². The molecule has 0 aliphatic rings. The fourth-order valence-corrected chi connectivity index (χ4v) is 2.08. The van der Waals surface area contributed by atoms with Gasteiger partial charge in [-0.1, -0.05) is 19.1 Å². The van der Waals surface area contributed by atoms with Crippen LogP contribution in [0.15, 0.2) is 36.5 Å². The maximum atomic E-state index is 10.5. The summed E-state index contributed by atoms with van der Waals surface area (Å²) in [4.78, 5) is 4.04. The van der Waals surface area contributed by atoms with Crippen molar-refractivity contribution in [1.29, 1.82) is 0 Å². The Bertz CT molecular complexity index is 547. The number of nitrogens with two attached hydrogens (primary N) is 1. The monoisotopic (exact) mass is 272 g/mol. The zero-order valence-electron chi connectivity index (χ0n) is 11.8. The van der Waals surface area contributed by atoms with Crippen molar-refractivity contribution in [2.45, 2.75) is 26.4 Å². The summed E-state index contributed by atoms with van der Waals surface area (Å²) in [5.74, 6) is 1.17. The van der Waals surface area contributed by atoms with Gasteiger partial charge in [0.15, 0.2) is 0 Å². The molecule has 2 rings (SSSR count). The number of aliphatic hydroxyl groups is 1. The third kappa shape index (κ3) is 3.08. The average molecular weight is 272 g/mol. The van der Waals surface area contributed by atoms with Gasteiger partial charge < -0.3 is 15.6 Å². The van der Waals surface area contributed by atoms with Crippen LogP contribution in [0.25, 0.3) is 0 Å². The van der Waals surface area contributed by atoms with E-state index in [4.69, 9.17) is 10.5 Å². The van der Waals surface area contributed by atoms with Crippen LogP contribution in [0, 0.1) is 6.92 Å². The van der Waals surface area contributed by atoms with Gasteiger partial charge >= 0.3 is 0 Å². The van der Waals surface area contributed by atoms with Gasteiger partial charge in [0.2, 0.25) is 0 Å². The lowest BCUT2D eigenvalue weighted by molar-refractivity contribution is 0.219. The standard InChI is InChI=1S/C16H20N2O2/c1-3-10-20-13-6-4-12(5-7-13)15(19)14-11(2)8-9-18-16(14)17/h4-9,15,19H,3,10H2,1-2H3,(H2,17,18). The number of nitrogen functional groups attached to an aromatic ring is 1. The SMILES string of the molecule is CCCOc1ccc(C(O)c2c(C)ccnc2N)cc1. The van der Waals surface area contributed by atoms with Crippen LogP contribution in [0.4, 0.5) is 5.82 Å². The van der Waals surface area contributed by atoms with Crippen molar-refractivity contribution < 1.29 is 9.84 Å². The highest BCUT2D eigenvalue weighted by atomic mass is 16.5. The predicted octanol–water partition coefficient (Wildman–Crippen LogP) is 2.84. The predicted molar refractivity (Wildman–Crippen MR) is 79.7 cm³/mol. The summed E-state index contributed by atoms with van der Waals surface area (Å²) in [5.41, 5.74) is 8.22. The minimum Gasteiger partial charge on any atom is -0.494 e. The smallest absolute Gasteiger partial charge is 0.129 e. The summed E-state index contributed by atoms with van der Waals surface area (Å²) in [6, 6.07) is 9.25. The van der Waals surface area contributed by atoms with Gasteiger partial charge in [-0.3, -0.25) is 0 Å². The first-order chi connectivity index (χ1) is 9.63. The Morgan fingerprint density at radius 2 is 1.95 bits per heavy atom. The summed E-state index contributed by atoms with van der Waals surface area (Å²) in [6.07, 6.45) is 1.84. The fraction of sp³-hybridized carbons (Fsp3) is 0.312. The van der Waals surface area contributed by atoms with Crippen molar-refractivity contribution in [2.75, 3.05) is 12.3 Å². The van der Waals surface area contributed by atoms with Crippen molar-refractivity contribution in [2.24, 2.45) is 0 Å². The fourth-order valence-electron chi connectivity index (χ4n) is 2.08. The van der Waals surface area contributed by atoms with Crippen molar-refractivity contribution >= 4 is 5.82 Å². The number of aliphatic hydroxyl groups excluding tert-OH is 1. The summed E-state index contributed by atoms with van der Waals surface area (Å²) in [7, 11) is 0. The molecule has 0 saturated heterocycles. The molecule has 3 N–H and O–H groups in total. The van der Waals surface area contributed by atoms with Crippen LogP contribution in [0.1, 0.15) is 36.1 Å². The van der Waals surface area contributed by atoms with Crippen molar-refractivity contribution in [3.63, 3.8) is 0 Å². The Morgan fingerprint density at radius 1 is 1.25 bits per heavy atom. The van der Waals surface area contributed by atoms with Gasteiger partial charge in [0.1, 0.15) is 17.7 Å². The molecule has 4 nitrogen and oxygen atoms in total. The van der Waals surface area contributed by atoms with Gasteiger partial charge in [-0.2, -0.15) is 0 Å². The number of anilines is 1. The van der Waals surface area contributed by atoms with Gasteiger partial charge in [0, 0.05) is 11.8 Å². The highest BCUT2D eigenvalue weighted by molar-refractivity contribution is 5.49. The molecule has 0 aliphatic carbocycles. The molecule has 4 heteroatoms. The molecule has 0 saturated carbocycles. The van der Waals surface area contributed by atoms with E-state index in [1.807, 2.05) is 37.3 Å². The van der Waals surface area contributed by atoms with Gasteiger partial charge in [0.05, 0.1) is 6.61 Å². The average Bonchev–Trinajstić information content (AvgIpc) is 2.45. The van der Waals surface area contributed by atoms with Crippen molar-refractivity contribution in [3.8, 4) is 5.75 Å². The molecule has 0 fully saturated rings. The Kier molecular flexibility index (Phi) is 4.58. The molecule has 0 radical (unpaired) electrons. The van der Waals surface area contributed by atoms with Crippen molar-refractivity contribution in [3.05, 3.63) is 53.2 Å². The molecule has 0 amide bonds. The lowest BCUT2D eigenvalue weighted by Gasteiger charge is -2.16.